The minimum atomic E-state index is -0.858. The first-order chi connectivity index (χ1) is 14.6. The van der Waals surface area contributed by atoms with Crippen LogP contribution in [0.5, 0.6) is 11.5 Å². The summed E-state index contributed by atoms with van der Waals surface area (Å²) in [5, 5.41) is 13.0. The van der Waals surface area contributed by atoms with Gasteiger partial charge in [0.05, 0.1) is 23.9 Å². The number of aliphatic hydroxyl groups excluding tert-OH is 1. The van der Waals surface area contributed by atoms with E-state index >= 15 is 0 Å². The van der Waals surface area contributed by atoms with Crippen molar-refractivity contribution in [2.24, 2.45) is 0 Å². The second-order valence-electron chi connectivity index (χ2n) is 7.43. The number of aryl methyl sites for hydroxylation is 1. The van der Waals surface area contributed by atoms with Gasteiger partial charge in [-0.1, -0.05) is 41.9 Å². The van der Waals surface area contributed by atoms with Crippen molar-refractivity contribution in [1.82, 2.24) is 4.98 Å². The summed E-state index contributed by atoms with van der Waals surface area (Å²) in [6.07, 6.45) is -0.858. The first-order valence-corrected chi connectivity index (χ1v) is 10.1. The number of aliphatic hydroxyl groups is 1. The van der Waals surface area contributed by atoms with E-state index < -0.39 is 6.10 Å². The molecule has 0 aliphatic carbocycles. The quantitative estimate of drug-likeness (QED) is 0.444. The third kappa shape index (κ3) is 3.00. The number of aromatic nitrogens is 1. The van der Waals surface area contributed by atoms with Gasteiger partial charge in [-0.05, 0) is 53.9 Å². The Morgan fingerprint density at radius 1 is 1.07 bits per heavy atom. The van der Waals surface area contributed by atoms with Crippen LogP contribution in [-0.2, 0) is 6.61 Å². The third-order valence-electron chi connectivity index (χ3n) is 5.63. The number of nitrogens with zero attached hydrogens (tertiary/aromatic N) is 1. The molecule has 5 rings (SSSR count). The van der Waals surface area contributed by atoms with Gasteiger partial charge in [-0.3, -0.25) is 0 Å². The average molecular weight is 418 g/mol. The summed E-state index contributed by atoms with van der Waals surface area (Å²) in [7, 11) is 1.60. The van der Waals surface area contributed by atoms with Crippen molar-refractivity contribution >= 4 is 22.5 Å². The molecule has 1 aliphatic heterocycles. The fourth-order valence-electron chi connectivity index (χ4n) is 4.19. The van der Waals surface area contributed by atoms with Gasteiger partial charge >= 0.3 is 0 Å². The molecule has 4 nitrogen and oxygen atoms in total. The van der Waals surface area contributed by atoms with E-state index in [1.165, 1.54) is 0 Å². The number of ether oxygens (including phenoxy) is 2. The smallest absolute Gasteiger partial charge is 0.138 e. The molecule has 1 aromatic heterocycles. The van der Waals surface area contributed by atoms with Gasteiger partial charge in [0.15, 0.2) is 0 Å². The van der Waals surface area contributed by atoms with Crippen molar-refractivity contribution in [3.8, 4) is 22.8 Å². The summed E-state index contributed by atoms with van der Waals surface area (Å²) in [6.45, 7) is 2.40. The van der Waals surface area contributed by atoms with E-state index in [0.29, 0.717) is 28.7 Å². The Bertz CT molecular complexity index is 1290. The van der Waals surface area contributed by atoms with Crippen molar-refractivity contribution in [2.75, 3.05) is 7.11 Å². The van der Waals surface area contributed by atoms with Crippen molar-refractivity contribution in [2.45, 2.75) is 19.6 Å². The number of benzene rings is 3. The van der Waals surface area contributed by atoms with E-state index in [2.05, 4.69) is 0 Å². The molecule has 4 aromatic rings. The first kappa shape index (κ1) is 18.9. The predicted molar refractivity (Wildman–Crippen MR) is 118 cm³/mol. The molecule has 30 heavy (non-hydrogen) atoms. The second kappa shape index (κ2) is 7.31. The van der Waals surface area contributed by atoms with Gasteiger partial charge in [0.25, 0.3) is 0 Å². The SMILES string of the molecule is COc1c(-c2ccc3ccc(Cl)cc3n2)ccc2c1C(O)c1c(C)cccc1CO2. The van der Waals surface area contributed by atoms with Gasteiger partial charge in [0, 0.05) is 16.0 Å². The number of halogens is 1. The Morgan fingerprint density at radius 3 is 2.73 bits per heavy atom. The molecule has 0 spiro atoms. The standard InChI is InChI=1S/C25H20ClNO3/c1-14-4-3-5-16-13-30-21-11-9-18(25(29-2)23(21)24(28)22(14)16)19-10-7-15-6-8-17(26)12-20(15)27-19/h3-12,24,28H,13H2,1-2H3. The minimum Gasteiger partial charge on any atom is -0.495 e. The highest BCUT2D eigenvalue weighted by Crippen LogP contribution is 2.46. The zero-order valence-electron chi connectivity index (χ0n) is 16.6. The Labute approximate surface area is 179 Å². The summed E-state index contributed by atoms with van der Waals surface area (Å²) in [5.41, 5.74) is 5.81. The fourth-order valence-corrected chi connectivity index (χ4v) is 4.35. The molecule has 0 fully saturated rings. The monoisotopic (exact) mass is 417 g/mol. The third-order valence-corrected chi connectivity index (χ3v) is 5.87. The number of methoxy groups -OCH3 is 1. The van der Waals surface area contributed by atoms with Crippen LogP contribution in [-0.4, -0.2) is 17.2 Å². The van der Waals surface area contributed by atoms with Gasteiger partial charge in [0.2, 0.25) is 0 Å². The Kier molecular flexibility index (Phi) is 4.61. The fraction of sp³-hybridized carbons (Fsp3) is 0.160. The van der Waals surface area contributed by atoms with Gasteiger partial charge in [-0.25, -0.2) is 4.98 Å². The molecule has 1 unspecified atom stereocenters. The topological polar surface area (TPSA) is 51.6 Å². The van der Waals surface area contributed by atoms with Crippen molar-refractivity contribution in [3.63, 3.8) is 0 Å². The van der Waals surface area contributed by atoms with E-state index in [-0.39, 0.29) is 0 Å². The molecular formula is C25H20ClNO3. The van der Waals surface area contributed by atoms with E-state index in [4.69, 9.17) is 26.1 Å². The molecule has 0 saturated carbocycles. The Hall–Kier alpha value is -3.08. The van der Waals surface area contributed by atoms with Crippen LogP contribution in [0, 0.1) is 6.92 Å². The van der Waals surface area contributed by atoms with E-state index in [1.54, 1.807) is 7.11 Å². The molecular weight excluding hydrogens is 398 g/mol. The van der Waals surface area contributed by atoms with Crippen LogP contribution in [0.15, 0.2) is 60.7 Å². The highest BCUT2D eigenvalue weighted by atomic mass is 35.5. The molecule has 1 N–H and O–H groups in total. The maximum Gasteiger partial charge on any atom is 0.138 e. The lowest BCUT2D eigenvalue weighted by molar-refractivity contribution is 0.212. The summed E-state index contributed by atoms with van der Waals surface area (Å²) in [5.74, 6) is 1.17. The van der Waals surface area contributed by atoms with Gasteiger partial charge < -0.3 is 14.6 Å². The van der Waals surface area contributed by atoms with Crippen LogP contribution in [0.1, 0.15) is 28.4 Å². The molecule has 1 aliphatic rings. The lowest BCUT2D eigenvalue weighted by atomic mass is 9.91. The van der Waals surface area contributed by atoms with Crippen molar-refractivity contribution < 1.29 is 14.6 Å². The van der Waals surface area contributed by atoms with Gasteiger partial charge in [0.1, 0.15) is 24.2 Å². The maximum absolute atomic E-state index is 11.4. The van der Waals surface area contributed by atoms with Crippen LogP contribution in [0.2, 0.25) is 5.02 Å². The van der Waals surface area contributed by atoms with Crippen LogP contribution >= 0.6 is 11.6 Å². The normalized spacial score (nSPS) is 15.1. The van der Waals surface area contributed by atoms with E-state index in [9.17, 15) is 5.11 Å². The molecule has 3 aromatic carbocycles. The summed E-state index contributed by atoms with van der Waals surface area (Å²) >= 11 is 6.16. The minimum absolute atomic E-state index is 0.399. The Balaban J connectivity index is 1.72. The van der Waals surface area contributed by atoms with Crippen LogP contribution in [0.4, 0.5) is 0 Å². The second-order valence-corrected chi connectivity index (χ2v) is 7.87. The van der Waals surface area contributed by atoms with Crippen LogP contribution < -0.4 is 9.47 Å². The predicted octanol–water partition coefficient (Wildman–Crippen LogP) is 5.85. The number of fused-ring (bicyclic) bond motifs is 3. The highest BCUT2D eigenvalue weighted by molar-refractivity contribution is 6.31. The molecule has 0 saturated heterocycles. The van der Waals surface area contributed by atoms with Gasteiger partial charge in [-0.15, -0.1) is 0 Å². The van der Waals surface area contributed by atoms with Crippen molar-refractivity contribution in [3.05, 3.63) is 87.9 Å². The summed E-state index contributed by atoms with van der Waals surface area (Å²) in [4.78, 5) is 4.79. The summed E-state index contributed by atoms with van der Waals surface area (Å²) < 4.78 is 11.9. The number of rotatable bonds is 2. The van der Waals surface area contributed by atoms with E-state index in [1.807, 2.05) is 67.6 Å². The Morgan fingerprint density at radius 2 is 1.90 bits per heavy atom. The molecule has 5 heteroatoms. The molecule has 1 atom stereocenters. The first-order valence-electron chi connectivity index (χ1n) is 9.73. The average Bonchev–Trinajstić information content (AvgIpc) is 2.90. The number of hydrogen-bond donors (Lipinski definition) is 1. The molecule has 0 bridgehead atoms. The van der Waals surface area contributed by atoms with E-state index in [0.717, 1.165) is 38.9 Å². The van der Waals surface area contributed by atoms with Crippen LogP contribution in [0.25, 0.3) is 22.2 Å². The molecule has 0 amide bonds. The highest BCUT2D eigenvalue weighted by Gasteiger charge is 2.29. The van der Waals surface area contributed by atoms with Crippen molar-refractivity contribution in [1.29, 1.82) is 0 Å². The largest absolute Gasteiger partial charge is 0.495 e. The number of pyridine rings is 1. The lowest BCUT2D eigenvalue weighted by Gasteiger charge is -2.20. The zero-order valence-corrected chi connectivity index (χ0v) is 17.4. The van der Waals surface area contributed by atoms with Crippen LogP contribution in [0.3, 0.4) is 0 Å². The summed E-state index contributed by atoms with van der Waals surface area (Å²) in [6, 6.07) is 19.3. The lowest BCUT2D eigenvalue weighted by Crippen LogP contribution is -2.06. The molecule has 2 heterocycles. The zero-order chi connectivity index (χ0) is 20.8. The van der Waals surface area contributed by atoms with Gasteiger partial charge in [-0.2, -0.15) is 0 Å². The number of hydrogen-bond acceptors (Lipinski definition) is 4. The molecule has 0 radical (unpaired) electrons. The molecule has 150 valence electrons. The maximum atomic E-state index is 11.4.